The number of carbonyl (C=O) groups is 1. The summed E-state index contributed by atoms with van der Waals surface area (Å²) in [5, 5.41) is 9.29. The van der Waals surface area contributed by atoms with E-state index in [1.165, 1.54) is 5.19 Å². The molecule has 0 aromatic carbocycles. The third-order valence-corrected chi connectivity index (χ3v) is 5.94. The van der Waals surface area contributed by atoms with Gasteiger partial charge in [0.25, 0.3) is 0 Å². The summed E-state index contributed by atoms with van der Waals surface area (Å²) < 4.78 is 0.242. The first kappa shape index (κ1) is 18.1. The van der Waals surface area contributed by atoms with Gasteiger partial charge in [-0.25, -0.2) is 0 Å². The number of thioether (sulfide) groups is 1. The van der Waals surface area contributed by atoms with Crippen LogP contribution in [-0.2, 0) is 4.79 Å². The molecule has 0 aliphatic rings. The Hall–Kier alpha value is -0.923. The molecule has 0 aliphatic heterocycles. The van der Waals surface area contributed by atoms with E-state index in [1.54, 1.807) is 29.9 Å². The topological polar surface area (TPSA) is 57.1 Å². The van der Waals surface area contributed by atoms with Crippen molar-refractivity contribution >= 4 is 52.9 Å². The van der Waals surface area contributed by atoms with E-state index >= 15 is 0 Å². The third kappa shape index (κ3) is 6.15. The van der Waals surface area contributed by atoms with E-state index in [-0.39, 0.29) is 15.8 Å². The largest absolute Gasteiger partial charge is 0.314 e. The van der Waals surface area contributed by atoms with Gasteiger partial charge in [-0.05, 0) is 33.4 Å². The number of pyridine rings is 1. The van der Waals surface area contributed by atoms with E-state index < -0.39 is 9.52 Å². The molecule has 0 fully saturated rings. The molecule has 1 aromatic rings. The first-order valence-electron chi connectivity index (χ1n) is 6.58. The van der Waals surface area contributed by atoms with E-state index in [2.05, 4.69) is 20.9 Å². The smallest absolute Gasteiger partial charge is 0.227 e. The summed E-state index contributed by atoms with van der Waals surface area (Å²) in [5.74, 6) is 0.0347. The first-order valence-corrected chi connectivity index (χ1v) is 10.2. The number of rotatable bonds is 7. The molecule has 0 spiro atoms. The molecular weight excluding hydrogens is 366 g/mol. The van der Waals surface area contributed by atoms with Gasteiger partial charge in [0, 0.05) is 31.1 Å². The maximum atomic E-state index is 12.2. The van der Waals surface area contributed by atoms with Crippen molar-refractivity contribution in [3.05, 3.63) is 35.9 Å². The molecule has 1 aromatic heterocycles. The van der Waals surface area contributed by atoms with Crippen molar-refractivity contribution in [1.82, 2.24) is 9.88 Å². The van der Waals surface area contributed by atoms with Gasteiger partial charge >= 0.3 is 0 Å². The molecule has 0 saturated carbocycles. The molecule has 1 unspecified atom stereocenters. The number of aromatic nitrogens is 1. The highest BCUT2D eigenvalue weighted by Crippen LogP contribution is 2.15. The number of carbonyl (C=O) groups excluding carboxylic acids is 1. The second kappa shape index (κ2) is 9.17. The van der Waals surface area contributed by atoms with E-state index in [1.807, 2.05) is 37.2 Å². The summed E-state index contributed by atoms with van der Waals surface area (Å²) in [6, 6.07) is 3.94. The monoisotopic (exact) mass is 385 g/mol. The van der Waals surface area contributed by atoms with Crippen molar-refractivity contribution in [3.8, 4) is 0 Å². The Kier molecular flexibility index (Phi) is 7.91. The van der Waals surface area contributed by atoms with Gasteiger partial charge in [0.2, 0.25) is 5.91 Å². The van der Waals surface area contributed by atoms with Gasteiger partial charge < -0.3 is 4.90 Å². The van der Waals surface area contributed by atoms with E-state index in [9.17, 15) is 4.79 Å². The minimum atomic E-state index is -0.703. The van der Waals surface area contributed by atoms with Gasteiger partial charge in [0.05, 0.1) is 15.2 Å². The van der Waals surface area contributed by atoms with Crippen LogP contribution in [-0.4, -0.2) is 48.5 Å². The average Bonchev–Trinajstić information content (AvgIpc) is 2.47. The maximum Gasteiger partial charge on any atom is 0.227 e. The van der Waals surface area contributed by atoms with Crippen molar-refractivity contribution in [1.29, 1.82) is 5.41 Å². The molecule has 4 nitrogen and oxygen atoms in total. The zero-order chi connectivity index (χ0) is 15.8. The van der Waals surface area contributed by atoms with Crippen LogP contribution in [0.15, 0.2) is 35.9 Å². The minimum absolute atomic E-state index is 0.0347. The maximum absolute atomic E-state index is 12.2. The summed E-state index contributed by atoms with van der Waals surface area (Å²) in [7, 11) is 1.03. The molecule has 0 radical (unpaired) electrons. The molecule has 21 heavy (non-hydrogen) atoms. The first-order chi connectivity index (χ1) is 9.95. The molecule has 1 atom stereocenters. The van der Waals surface area contributed by atoms with E-state index in [0.717, 1.165) is 0 Å². The Morgan fingerprint density at radius 3 is 2.90 bits per heavy atom. The highest BCUT2D eigenvalue weighted by atomic mass is 79.9. The molecular formula is C14H20BrN3OSSi. The number of amides is 1. The number of nitrogens with zero attached hydrogens (tertiary/aromatic N) is 2. The van der Waals surface area contributed by atoms with Crippen molar-refractivity contribution in [2.45, 2.75) is 18.6 Å². The Labute approximate surface area is 140 Å². The lowest BCUT2D eigenvalue weighted by Crippen LogP contribution is -2.31. The molecule has 0 aliphatic carbocycles. The predicted molar refractivity (Wildman–Crippen MR) is 97.5 cm³/mol. The van der Waals surface area contributed by atoms with Gasteiger partial charge in [0.1, 0.15) is 4.62 Å². The lowest BCUT2D eigenvalue weighted by molar-refractivity contribution is -0.127. The fourth-order valence-electron chi connectivity index (χ4n) is 1.71. The molecule has 114 valence electrons. The lowest BCUT2D eigenvalue weighted by Gasteiger charge is -2.21. The Morgan fingerprint density at radius 1 is 1.67 bits per heavy atom. The zero-order valence-electron chi connectivity index (χ0n) is 12.5. The number of halogens is 1. The van der Waals surface area contributed by atoms with Crippen LogP contribution in [0, 0.1) is 5.41 Å². The average molecular weight is 386 g/mol. The molecule has 7 heteroatoms. The van der Waals surface area contributed by atoms with E-state index in [0.29, 0.717) is 12.1 Å². The van der Waals surface area contributed by atoms with Crippen LogP contribution in [0.1, 0.15) is 13.3 Å². The van der Waals surface area contributed by atoms with Gasteiger partial charge in [-0.15, -0.1) is 0 Å². The summed E-state index contributed by atoms with van der Waals surface area (Å²) in [5.41, 5.74) is 2.65. The van der Waals surface area contributed by atoms with Crippen LogP contribution >= 0.6 is 27.7 Å². The predicted octanol–water partition coefficient (Wildman–Crippen LogP) is 1.69. The van der Waals surface area contributed by atoms with Crippen molar-refractivity contribution < 1.29 is 4.79 Å². The molecule has 0 bridgehead atoms. The molecule has 1 amide bonds. The summed E-state index contributed by atoms with van der Waals surface area (Å²) in [6.45, 7) is 2.03. The zero-order valence-corrected chi connectivity index (χ0v) is 16.3. The minimum Gasteiger partial charge on any atom is -0.314 e. The highest BCUT2D eigenvalue weighted by Gasteiger charge is 2.17. The van der Waals surface area contributed by atoms with Crippen LogP contribution in [0.2, 0.25) is 0 Å². The molecule has 0 saturated heterocycles. The molecule has 1 heterocycles. The second-order valence-electron chi connectivity index (χ2n) is 4.67. The molecule has 1 N–H and O–H groups in total. The summed E-state index contributed by atoms with van der Waals surface area (Å²) >= 11 is 4.86. The fourth-order valence-corrected chi connectivity index (χ4v) is 4.13. The van der Waals surface area contributed by atoms with Gasteiger partial charge in [0.15, 0.2) is 0 Å². The van der Waals surface area contributed by atoms with Crippen molar-refractivity contribution in [2.75, 3.05) is 13.3 Å². The number of allylic oxidation sites excluding steroid dienone is 1. The van der Waals surface area contributed by atoms with Crippen LogP contribution in [0.25, 0.3) is 0 Å². The Bertz CT molecular complexity index is 524. The fraction of sp³-hybridized carbons (Fsp3) is 0.357. The van der Waals surface area contributed by atoms with Crippen LogP contribution in [0.3, 0.4) is 0 Å². The van der Waals surface area contributed by atoms with Crippen LogP contribution < -0.4 is 5.19 Å². The SMILES string of the molecule is CSC(C)CC(=O)N(C)/C(=C/[SiH2]c1cccnc1)C(=N)Br. The van der Waals surface area contributed by atoms with Gasteiger partial charge in [-0.1, -0.05) is 18.7 Å². The Balaban J connectivity index is 2.81. The number of nitrogens with one attached hydrogen (secondary N) is 1. The molecule has 1 rings (SSSR count). The highest BCUT2D eigenvalue weighted by molar-refractivity contribution is 9.18. The lowest BCUT2D eigenvalue weighted by atomic mass is 10.3. The van der Waals surface area contributed by atoms with Gasteiger partial charge in [-0.2, -0.15) is 11.8 Å². The Morgan fingerprint density at radius 2 is 2.38 bits per heavy atom. The van der Waals surface area contributed by atoms with Crippen LogP contribution in [0.4, 0.5) is 0 Å². The summed E-state index contributed by atoms with van der Waals surface area (Å²) in [6.07, 6.45) is 6.06. The normalized spacial score (nSPS) is 13.4. The van der Waals surface area contributed by atoms with E-state index in [4.69, 9.17) is 5.41 Å². The second-order valence-corrected chi connectivity index (χ2v) is 8.37. The van der Waals surface area contributed by atoms with Crippen molar-refractivity contribution in [3.63, 3.8) is 0 Å². The van der Waals surface area contributed by atoms with Gasteiger partial charge in [-0.3, -0.25) is 15.2 Å². The van der Waals surface area contributed by atoms with Crippen LogP contribution in [0.5, 0.6) is 0 Å². The number of hydrogen-bond donors (Lipinski definition) is 1. The van der Waals surface area contributed by atoms with Crippen molar-refractivity contribution in [2.24, 2.45) is 0 Å². The quantitative estimate of drug-likeness (QED) is 0.573. The standard InChI is InChI=1S/C14H20BrN3OSSi/c1-10(20-3)7-13(19)18(2)12(14(15)16)9-21-11-5-4-6-17-8-11/h4-6,8-10,16H,7,21H2,1-3H3/b12-9+,16-14?. The summed E-state index contributed by atoms with van der Waals surface area (Å²) in [4.78, 5) is 17.9. The number of hydrogen-bond acceptors (Lipinski definition) is 4. The third-order valence-electron chi connectivity index (χ3n) is 3.08.